The first kappa shape index (κ1) is 16.7. The van der Waals surface area contributed by atoms with E-state index in [1.54, 1.807) is 31.4 Å². The van der Waals surface area contributed by atoms with Crippen LogP contribution in [-0.2, 0) is 11.2 Å². The number of benzene rings is 2. The molecule has 4 nitrogen and oxygen atoms in total. The summed E-state index contributed by atoms with van der Waals surface area (Å²) in [4.78, 5) is 23.5. The Kier molecular flexibility index (Phi) is 5.16. The van der Waals surface area contributed by atoms with Crippen LogP contribution in [0.15, 0.2) is 36.4 Å². The first-order valence-corrected chi connectivity index (χ1v) is 7.45. The van der Waals surface area contributed by atoms with Crippen molar-refractivity contribution in [2.45, 2.75) is 27.2 Å². The maximum Gasteiger partial charge on any atom is 0.228 e. The van der Waals surface area contributed by atoms with Crippen LogP contribution in [-0.4, -0.2) is 18.8 Å². The Morgan fingerprint density at radius 2 is 1.74 bits per heavy atom. The lowest BCUT2D eigenvalue weighted by Crippen LogP contribution is -2.15. The molecule has 0 fully saturated rings. The molecule has 0 saturated carbocycles. The molecule has 0 unspecified atom stereocenters. The molecule has 0 bridgehead atoms. The van der Waals surface area contributed by atoms with Crippen molar-refractivity contribution in [3.05, 3.63) is 58.7 Å². The minimum absolute atomic E-state index is 0.00264. The molecule has 23 heavy (non-hydrogen) atoms. The third kappa shape index (κ3) is 4.19. The number of carbonyl (C=O) groups is 2. The van der Waals surface area contributed by atoms with Crippen molar-refractivity contribution >= 4 is 17.4 Å². The summed E-state index contributed by atoms with van der Waals surface area (Å²) in [6, 6.07) is 10.9. The number of carbonyl (C=O) groups excluding carboxylic acids is 2. The molecule has 0 saturated heterocycles. The van der Waals surface area contributed by atoms with Gasteiger partial charge in [0.1, 0.15) is 5.75 Å². The van der Waals surface area contributed by atoms with Gasteiger partial charge in [-0.25, -0.2) is 0 Å². The highest BCUT2D eigenvalue weighted by Crippen LogP contribution is 2.25. The minimum Gasteiger partial charge on any atom is -0.496 e. The molecule has 0 aliphatic carbocycles. The summed E-state index contributed by atoms with van der Waals surface area (Å²) < 4.78 is 5.41. The highest BCUT2D eigenvalue weighted by atomic mass is 16.5. The number of hydrogen-bond donors (Lipinski definition) is 1. The van der Waals surface area contributed by atoms with Gasteiger partial charge in [0.05, 0.1) is 13.5 Å². The van der Waals surface area contributed by atoms with Crippen LogP contribution in [0.25, 0.3) is 0 Å². The molecule has 0 aromatic heterocycles. The van der Waals surface area contributed by atoms with Crippen LogP contribution in [0.3, 0.4) is 0 Å². The zero-order valence-corrected chi connectivity index (χ0v) is 13.9. The minimum atomic E-state index is -0.121. The zero-order valence-electron chi connectivity index (χ0n) is 13.9. The summed E-state index contributed by atoms with van der Waals surface area (Å²) >= 11 is 0. The van der Waals surface area contributed by atoms with E-state index in [0.29, 0.717) is 11.3 Å². The van der Waals surface area contributed by atoms with E-state index in [9.17, 15) is 9.59 Å². The van der Waals surface area contributed by atoms with Crippen molar-refractivity contribution in [1.82, 2.24) is 0 Å². The summed E-state index contributed by atoms with van der Waals surface area (Å²) in [6.07, 6.45) is 0.236. The average Bonchev–Trinajstić information content (AvgIpc) is 2.47. The molecule has 0 heterocycles. The summed E-state index contributed by atoms with van der Waals surface area (Å²) in [6.45, 7) is 5.47. The second-order valence-corrected chi connectivity index (χ2v) is 5.63. The van der Waals surface area contributed by atoms with Crippen LogP contribution in [0.5, 0.6) is 5.75 Å². The molecule has 120 valence electrons. The van der Waals surface area contributed by atoms with E-state index in [1.807, 2.05) is 26.0 Å². The molecule has 0 aliphatic rings. The monoisotopic (exact) mass is 311 g/mol. The molecule has 1 N–H and O–H groups in total. The first-order chi connectivity index (χ1) is 10.9. The summed E-state index contributed by atoms with van der Waals surface area (Å²) in [5.41, 5.74) is 4.27. The number of hydrogen-bond acceptors (Lipinski definition) is 3. The lowest BCUT2D eigenvalue weighted by atomic mass is 10.0. The fraction of sp³-hybridized carbons (Fsp3) is 0.263. The third-order valence-electron chi connectivity index (χ3n) is 3.63. The fourth-order valence-electron chi connectivity index (χ4n) is 2.63. The maximum atomic E-state index is 12.3. The predicted molar refractivity (Wildman–Crippen MR) is 91.2 cm³/mol. The number of nitrogens with one attached hydrogen (secondary N) is 1. The number of ketones is 1. The van der Waals surface area contributed by atoms with E-state index in [0.717, 1.165) is 22.4 Å². The third-order valence-corrected chi connectivity index (χ3v) is 3.63. The summed E-state index contributed by atoms with van der Waals surface area (Å²) in [7, 11) is 1.61. The lowest BCUT2D eigenvalue weighted by Gasteiger charge is -2.13. The van der Waals surface area contributed by atoms with E-state index in [-0.39, 0.29) is 18.1 Å². The van der Waals surface area contributed by atoms with E-state index in [2.05, 4.69) is 5.32 Å². The number of rotatable bonds is 5. The highest BCUT2D eigenvalue weighted by molar-refractivity contribution is 5.96. The lowest BCUT2D eigenvalue weighted by molar-refractivity contribution is -0.115. The number of anilines is 1. The Hall–Kier alpha value is -2.62. The van der Waals surface area contributed by atoms with Crippen molar-refractivity contribution in [1.29, 1.82) is 0 Å². The molecular weight excluding hydrogens is 290 g/mol. The first-order valence-electron chi connectivity index (χ1n) is 7.45. The molecule has 0 atom stereocenters. The number of ether oxygens (including phenoxy) is 1. The Labute approximate surface area is 136 Å². The Morgan fingerprint density at radius 1 is 1.09 bits per heavy atom. The van der Waals surface area contributed by atoms with Crippen molar-refractivity contribution in [2.24, 2.45) is 0 Å². The van der Waals surface area contributed by atoms with Crippen LogP contribution in [0.4, 0.5) is 5.69 Å². The van der Waals surface area contributed by atoms with Crippen LogP contribution in [0.2, 0.25) is 0 Å². The number of amides is 1. The molecule has 1 amide bonds. The molecule has 4 heteroatoms. The van der Waals surface area contributed by atoms with E-state index >= 15 is 0 Å². The molecule has 2 aromatic rings. The highest BCUT2D eigenvalue weighted by Gasteiger charge is 2.12. The van der Waals surface area contributed by atoms with Gasteiger partial charge in [0, 0.05) is 16.8 Å². The topological polar surface area (TPSA) is 55.4 Å². The maximum absolute atomic E-state index is 12.3. The fourth-order valence-corrected chi connectivity index (χ4v) is 2.63. The number of aryl methyl sites for hydroxylation is 2. The molecule has 0 radical (unpaired) electrons. The number of methoxy groups -OCH3 is 1. The standard InChI is InChI=1S/C19H21NO3/c1-12-9-13(2)19(23-4)16(10-12)11-18(22)20-17-7-5-15(6-8-17)14(3)21/h5-10H,11H2,1-4H3,(H,20,22). The number of Topliss-reactive ketones (excluding diaryl/α,β-unsaturated/α-hetero) is 1. The van der Waals surface area contributed by atoms with E-state index in [1.165, 1.54) is 6.92 Å². The largest absolute Gasteiger partial charge is 0.496 e. The smallest absolute Gasteiger partial charge is 0.228 e. The van der Waals surface area contributed by atoms with Gasteiger partial charge >= 0.3 is 0 Å². The predicted octanol–water partition coefficient (Wildman–Crippen LogP) is 3.70. The van der Waals surface area contributed by atoms with Crippen molar-refractivity contribution in [2.75, 3.05) is 12.4 Å². The zero-order chi connectivity index (χ0) is 17.0. The van der Waals surface area contributed by atoms with Gasteiger partial charge in [-0.15, -0.1) is 0 Å². The van der Waals surface area contributed by atoms with Crippen molar-refractivity contribution < 1.29 is 14.3 Å². The van der Waals surface area contributed by atoms with Gasteiger partial charge in [0.25, 0.3) is 0 Å². The van der Waals surface area contributed by atoms with Gasteiger partial charge in [-0.1, -0.05) is 17.7 Å². The average molecular weight is 311 g/mol. The molecular formula is C19H21NO3. The van der Waals surface area contributed by atoms with Crippen molar-refractivity contribution in [3.63, 3.8) is 0 Å². The summed E-state index contributed by atoms with van der Waals surface area (Å²) in [5.74, 6) is 0.629. The van der Waals surface area contributed by atoms with Gasteiger partial charge in [0.15, 0.2) is 5.78 Å². The molecule has 0 spiro atoms. The van der Waals surface area contributed by atoms with Crippen molar-refractivity contribution in [3.8, 4) is 5.75 Å². The quantitative estimate of drug-likeness (QED) is 0.857. The second-order valence-electron chi connectivity index (χ2n) is 5.63. The van der Waals surface area contributed by atoms with E-state index < -0.39 is 0 Å². The Bertz CT molecular complexity index is 733. The van der Waals surface area contributed by atoms with Gasteiger partial charge in [-0.05, 0) is 50.6 Å². The van der Waals surface area contributed by atoms with Gasteiger partial charge in [0.2, 0.25) is 5.91 Å². The van der Waals surface area contributed by atoms with Gasteiger partial charge in [-0.3, -0.25) is 9.59 Å². The van der Waals surface area contributed by atoms with E-state index in [4.69, 9.17) is 4.74 Å². The van der Waals surface area contributed by atoms with Crippen LogP contribution in [0.1, 0.15) is 34.0 Å². The normalized spacial score (nSPS) is 10.3. The Morgan fingerprint density at radius 3 is 2.30 bits per heavy atom. The second kappa shape index (κ2) is 7.09. The molecule has 0 aliphatic heterocycles. The van der Waals surface area contributed by atoms with Crippen LogP contribution < -0.4 is 10.1 Å². The van der Waals surface area contributed by atoms with Crippen LogP contribution in [0, 0.1) is 13.8 Å². The summed E-state index contributed by atoms with van der Waals surface area (Å²) in [5, 5.41) is 2.84. The van der Waals surface area contributed by atoms with Gasteiger partial charge < -0.3 is 10.1 Å². The molecule has 2 rings (SSSR count). The molecule has 2 aromatic carbocycles. The van der Waals surface area contributed by atoms with Crippen LogP contribution >= 0.6 is 0 Å². The van der Waals surface area contributed by atoms with Gasteiger partial charge in [-0.2, -0.15) is 0 Å². The Balaban J connectivity index is 2.12. The SMILES string of the molecule is COc1c(C)cc(C)cc1CC(=O)Nc1ccc(C(C)=O)cc1.